The second-order valence-corrected chi connectivity index (χ2v) is 14.6. The minimum Gasteiger partial charge on any atom is -0.393 e. The number of aliphatic hydroxyl groups is 1. The number of halogens is 3. The number of carbonyl (C=O) groups is 2. The summed E-state index contributed by atoms with van der Waals surface area (Å²) in [5, 5.41) is 16.8. The predicted molar refractivity (Wildman–Crippen MR) is 165 cm³/mol. The summed E-state index contributed by atoms with van der Waals surface area (Å²) >= 11 is 0. The number of rotatable bonds is 11. The van der Waals surface area contributed by atoms with Crippen LogP contribution in [0.3, 0.4) is 0 Å². The first-order valence-electron chi connectivity index (χ1n) is 15.9. The molecule has 2 saturated heterocycles. The Hall–Kier alpha value is -3.01. The van der Waals surface area contributed by atoms with Gasteiger partial charge in [-0.25, -0.2) is 8.42 Å². The number of aliphatic hydroxyl groups excluding tert-OH is 1. The van der Waals surface area contributed by atoms with Crippen LogP contribution in [-0.4, -0.2) is 100 Å². The smallest absolute Gasteiger partial charge is 0.393 e. The number of nitrogens with zero attached hydrogens (tertiary/aromatic N) is 5. The number of hydrogen-bond donors (Lipinski definition) is 2. The fourth-order valence-electron chi connectivity index (χ4n) is 6.82. The van der Waals surface area contributed by atoms with Crippen LogP contribution < -0.4 is 5.32 Å². The van der Waals surface area contributed by atoms with E-state index in [-0.39, 0.29) is 31.0 Å². The van der Waals surface area contributed by atoms with Crippen molar-refractivity contribution in [1.29, 1.82) is 0 Å². The molecule has 0 bridgehead atoms. The fourth-order valence-corrected chi connectivity index (χ4v) is 7.60. The van der Waals surface area contributed by atoms with Gasteiger partial charge in [0.25, 0.3) is 0 Å². The lowest BCUT2D eigenvalue weighted by Crippen LogP contribution is -2.45. The number of nitrogens with one attached hydrogen (secondary N) is 1. The molecule has 1 atom stereocenters. The van der Waals surface area contributed by atoms with Gasteiger partial charge in [-0.15, -0.1) is 0 Å². The van der Waals surface area contributed by atoms with Gasteiger partial charge in [0.15, 0.2) is 0 Å². The molecule has 2 fully saturated rings. The lowest BCUT2D eigenvalue weighted by atomic mass is 9.97. The van der Waals surface area contributed by atoms with E-state index < -0.39 is 40.3 Å². The maximum Gasteiger partial charge on any atom is 0.416 e. The van der Waals surface area contributed by atoms with Gasteiger partial charge < -0.3 is 20.2 Å². The van der Waals surface area contributed by atoms with Crippen LogP contribution in [0.4, 0.5) is 13.2 Å². The SMILES string of the molecule is CC(O)CC(=O)NCc1cc(-c2nn(CCCN3CCC(N4CCCC4=O)CC3)c3c2CN(S(C)(=O)=O)CC3)ccc1C(F)(F)F. The Balaban J connectivity index is 1.35. The largest absolute Gasteiger partial charge is 0.416 e. The van der Waals surface area contributed by atoms with Crippen molar-refractivity contribution < 1.29 is 36.3 Å². The van der Waals surface area contributed by atoms with Crippen molar-refractivity contribution in [3.8, 4) is 11.3 Å². The van der Waals surface area contributed by atoms with Crippen molar-refractivity contribution in [2.75, 3.05) is 39.0 Å². The molecule has 46 heavy (non-hydrogen) atoms. The van der Waals surface area contributed by atoms with Gasteiger partial charge in [-0.3, -0.25) is 14.3 Å². The summed E-state index contributed by atoms with van der Waals surface area (Å²) in [5.74, 6) is -0.318. The van der Waals surface area contributed by atoms with Gasteiger partial charge in [-0.05, 0) is 56.8 Å². The highest BCUT2D eigenvalue weighted by Crippen LogP contribution is 2.37. The molecule has 4 heterocycles. The van der Waals surface area contributed by atoms with Crippen molar-refractivity contribution in [2.45, 2.75) is 89.8 Å². The molecule has 1 aromatic heterocycles. The maximum absolute atomic E-state index is 13.9. The molecule has 0 spiro atoms. The molecule has 5 rings (SSSR count). The van der Waals surface area contributed by atoms with Gasteiger partial charge in [-0.1, -0.05) is 6.07 Å². The van der Waals surface area contributed by atoms with E-state index in [0.29, 0.717) is 42.2 Å². The quantitative estimate of drug-likeness (QED) is 0.377. The summed E-state index contributed by atoms with van der Waals surface area (Å²) in [5.41, 5.74) is 1.31. The molecule has 0 radical (unpaired) electrons. The molecule has 3 aliphatic heterocycles. The highest BCUT2D eigenvalue weighted by atomic mass is 32.2. The van der Waals surface area contributed by atoms with Crippen LogP contribution in [0.5, 0.6) is 0 Å². The van der Waals surface area contributed by atoms with E-state index in [0.717, 1.165) is 69.9 Å². The van der Waals surface area contributed by atoms with Crippen LogP contribution in [0.2, 0.25) is 0 Å². The van der Waals surface area contributed by atoms with Crippen LogP contribution >= 0.6 is 0 Å². The van der Waals surface area contributed by atoms with Crippen LogP contribution in [-0.2, 0) is 51.8 Å². The molecule has 0 aliphatic carbocycles. The number of fused-ring (bicyclic) bond motifs is 1. The molecule has 2 aromatic rings. The monoisotopic (exact) mass is 668 g/mol. The first-order chi connectivity index (χ1) is 21.7. The number of hydrogen-bond acceptors (Lipinski definition) is 7. The maximum atomic E-state index is 13.9. The Morgan fingerprint density at radius 1 is 1.13 bits per heavy atom. The van der Waals surface area contributed by atoms with Gasteiger partial charge in [0.2, 0.25) is 21.8 Å². The zero-order chi connectivity index (χ0) is 33.2. The highest BCUT2D eigenvalue weighted by molar-refractivity contribution is 7.88. The highest BCUT2D eigenvalue weighted by Gasteiger charge is 2.35. The lowest BCUT2D eigenvalue weighted by Gasteiger charge is -2.36. The summed E-state index contributed by atoms with van der Waals surface area (Å²) in [7, 11) is -3.52. The van der Waals surface area contributed by atoms with Crippen molar-refractivity contribution in [3.63, 3.8) is 0 Å². The summed E-state index contributed by atoms with van der Waals surface area (Å²) in [6.07, 6.45) is -0.0145. The second kappa shape index (κ2) is 14.0. The third-order valence-electron chi connectivity index (χ3n) is 9.16. The summed E-state index contributed by atoms with van der Waals surface area (Å²) in [6.45, 7) is 5.43. The normalized spacial score (nSPS) is 19.4. The van der Waals surface area contributed by atoms with Crippen LogP contribution in [0.25, 0.3) is 11.3 Å². The lowest BCUT2D eigenvalue weighted by molar-refractivity contribution is -0.138. The number of alkyl halides is 3. The third kappa shape index (κ3) is 8.09. The molecule has 0 saturated carbocycles. The van der Waals surface area contributed by atoms with Crippen LogP contribution in [0.15, 0.2) is 18.2 Å². The van der Waals surface area contributed by atoms with Gasteiger partial charge in [0.05, 0.1) is 30.0 Å². The van der Waals surface area contributed by atoms with Gasteiger partial charge in [-0.2, -0.15) is 22.6 Å². The van der Waals surface area contributed by atoms with E-state index in [1.807, 2.05) is 9.58 Å². The Morgan fingerprint density at radius 3 is 2.50 bits per heavy atom. The number of piperidine rings is 1. The zero-order valence-electron chi connectivity index (χ0n) is 26.4. The standard InChI is InChI=1S/C31H43F3N6O5S/c1-21(41)17-28(42)35-19-23-18-22(6-7-26(23)31(32,33)34)30-25-20-38(46(2,44)45)16-10-27(25)40(36-30)13-4-11-37-14-8-24(9-15-37)39-12-3-5-29(39)43/h6-7,18,21,24,41H,3-5,8-17,19-20H2,1-2H3,(H,35,42). The van der Waals surface area contributed by atoms with E-state index in [2.05, 4.69) is 10.2 Å². The van der Waals surface area contributed by atoms with Crippen molar-refractivity contribution in [2.24, 2.45) is 0 Å². The Labute approximate surface area is 267 Å². The van der Waals surface area contributed by atoms with Gasteiger partial charge in [0, 0.05) is 81.5 Å². The first-order valence-corrected chi connectivity index (χ1v) is 17.8. The fraction of sp³-hybridized carbons (Fsp3) is 0.645. The van der Waals surface area contributed by atoms with Gasteiger partial charge in [0.1, 0.15) is 0 Å². The van der Waals surface area contributed by atoms with Crippen molar-refractivity contribution >= 4 is 21.8 Å². The Bertz CT molecular complexity index is 1540. The van der Waals surface area contributed by atoms with Gasteiger partial charge >= 0.3 is 6.18 Å². The molecule has 3 aliphatic rings. The van der Waals surface area contributed by atoms with E-state index in [4.69, 9.17) is 5.10 Å². The molecule has 254 valence electrons. The minimum absolute atomic E-state index is 0.0632. The van der Waals surface area contributed by atoms with E-state index in [9.17, 15) is 36.3 Å². The average Bonchev–Trinajstić information content (AvgIpc) is 3.58. The number of likely N-dealkylation sites (tertiary alicyclic amines) is 2. The van der Waals surface area contributed by atoms with Crippen molar-refractivity contribution in [1.82, 2.24) is 29.2 Å². The number of aromatic nitrogens is 2. The molecule has 1 unspecified atom stereocenters. The molecular formula is C31H43F3N6O5S. The van der Waals surface area contributed by atoms with E-state index >= 15 is 0 Å². The van der Waals surface area contributed by atoms with Crippen LogP contribution in [0.1, 0.15) is 67.8 Å². The average molecular weight is 669 g/mol. The molecular weight excluding hydrogens is 625 g/mol. The predicted octanol–water partition coefficient (Wildman–Crippen LogP) is 2.75. The molecule has 11 nitrogen and oxygen atoms in total. The summed E-state index contributed by atoms with van der Waals surface area (Å²) < 4.78 is 69.9. The number of amides is 2. The molecule has 15 heteroatoms. The third-order valence-corrected chi connectivity index (χ3v) is 10.4. The number of benzene rings is 1. The second-order valence-electron chi connectivity index (χ2n) is 12.7. The Morgan fingerprint density at radius 2 is 1.87 bits per heavy atom. The number of sulfonamides is 1. The molecule has 2 N–H and O–H groups in total. The van der Waals surface area contributed by atoms with Crippen molar-refractivity contribution in [3.05, 3.63) is 40.6 Å². The van der Waals surface area contributed by atoms with E-state index in [1.165, 1.54) is 23.4 Å². The molecule has 1 aromatic carbocycles. The van der Waals surface area contributed by atoms with Crippen LogP contribution in [0, 0.1) is 0 Å². The van der Waals surface area contributed by atoms with E-state index in [1.54, 1.807) is 0 Å². The number of carbonyl (C=O) groups excluding carboxylic acids is 2. The summed E-state index contributed by atoms with van der Waals surface area (Å²) in [4.78, 5) is 28.7. The summed E-state index contributed by atoms with van der Waals surface area (Å²) in [6, 6.07) is 3.97. The number of aryl methyl sites for hydroxylation is 1. The zero-order valence-corrected chi connectivity index (χ0v) is 27.2. The first kappa shape index (κ1) is 34.3. The minimum atomic E-state index is -4.66. The topological polar surface area (TPSA) is 128 Å². The molecule has 2 amide bonds. The Kier molecular flexibility index (Phi) is 10.4.